The number of aryl methyl sites for hydroxylation is 1. The van der Waals surface area contributed by atoms with Crippen LogP contribution in [0.25, 0.3) is 0 Å². The summed E-state index contributed by atoms with van der Waals surface area (Å²) in [6, 6.07) is 0. The average Bonchev–Trinajstić information content (AvgIpc) is 2.83. The van der Waals surface area contributed by atoms with Crippen molar-refractivity contribution in [3.8, 4) is 0 Å². The quantitative estimate of drug-likeness (QED) is 0.909. The molecular weight excluding hydrogens is 266 g/mol. The molecule has 1 saturated heterocycles. The molecule has 0 bridgehead atoms. The first-order chi connectivity index (χ1) is 9.87. The molecule has 0 aromatic carbocycles. The van der Waals surface area contributed by atoms with Crippen LogP contribution in [0.4, 0.5) is 0 Å². The van der Waals surface area contributed by atoms with Crippen LogP contribution in [0.3, 0.4) is 0 Å². The molecule has 118 valence electrons. The zero-order valence-corrected chi connectivity index (χ0v) is 13.6. The summed E-state index contributed by atoms with van der Waals surface area (Å²) < 4.78 is 1.96. The van der Waals surface area contributed by atoms with E-state index in [4.69, 9.17) is 0 Å². The zero-order valence-electron chi connectivity index (χ0n) is 13.6. The normalized spacial score (nSPS) is 19.8. The van der Waals surface area contributed by atoms with E-state index in [9.17, 15) is 4.79 Å². The molecule has 6 nitrogen and oxygen atoms in total. The molecule has 2 rings (SSSR count). The fourth-order valence-electron chi connectivity index (χ4n) is 2.78. The van der Waals surface area contributed by atoms with Crippen LogP contribution in [-0.4, -0.2) is 50.7 Å². The second-order valence-corrected chi connectivity index (χ2v) is 6.91. The van der Waals surface area contributed by atoms with E-state index in [1.54, 1.807) is 6.33 Å². The predicted molar refractivity (Wildman–Crippen MR) is 81.9 cm³/mol. The van der Waals surface area contributed by atoms with Crippen molar-refractivity contribution in [1.82, 2.24) is 25.0 Å². The van der Waals surface area contributed by atoms with Gasteiger partial charge in [-0.15, -0.1) is 10.2 Å². The van der Waals surface area contributed by atoms with Crippen LogP contribution in [0.15, 0.2) is 6.33 Å². The van der Waals surface area contributed by atoms with Gasteiger partial charge < -0.3 is 14.8 Å². The molecule has 0 saturated carbocycles. The molecule has 1 N–H and O–H groups in total. The lowest BCUT2D eigenvalue weighted by atomic mass is 9.97. The number of hydrogen-bond acceptors (Lipinski definition) is 4. The molecule has 2 heterocycles. The Kier molecular flexibility index (Phi) is 4.98. The highest BCUT2D eigenvalue weighted by Crippen LogP contribution is 2.25. The third kappa shape index (κ3) is 4.52. The fourth-order valence-corrected chi connectivity index (χ4v) is 2.78. The van der Waals surface area contributed by atoms with Gasteiger partial charge in [-0.25, -0.2) is 0 Å². The lowest BCUT2D eigenvalue weighted by molar-refractivity contribution is -0.132. The van der Waals surface area contributed by atoms with Crippen LogP contribution < -0.4 is 5.32 Å². The first kappa shape index (κ1) is 15.9. The van der Waals surface area contributed by atoms with Gasteiger partial charge in [0.15, 0.2) is 0 Å². The summed E-state index contributed by atoms with van der Waals surface area (Å²) in [7, 11) is 1.96. The molecule has 1 aliphatic heterocycles. The van der Waals surface area contributed by atoms with E-state index >= 15 is 0 Å². The first-order valence-electron chi connectivity index (χ1n) is 7.73. The Morgan fingerprint density at radius 3 is 2.86 bits per heavy atom. The molecule has 1 fully saturated rings. The second kappa shape index (κ2) is 6.56. The minimum atomic E-state index is 0.0589. The van der Waals surface area contributed by atoms with Gasteiger partial charge in [0.2, 0.25) is 5.91 Å². The molecule has 0 aliphatic carbocycles. The van der Waals surface area contributed by atoms with Crippen LogP contribution >= 0.6 is 0 Å². The number of nitrogens with zero attached hydrogens (tertiary/aromatic N) is 4. The van der Waals surface area contributed by atoms with Gasteiger partial charge >= 0.3 is 0 Å². The topological polar surface area (TPSA) is 63.1 Å². The van der Waals surface area contributed by atoms with Crippen molar-refractivity contribution in [2.75, 3.05) is 19.6 Å². The monoisotopic (exact) mass is 293 g/mol. The van der Waals surface area contributed by atoms with E-state index in [2.05, 4.69) is 36.3 Å². The van der Waals surface area contributed by atoms with Crippen molar-refractivity contribution in [3.05, 3.63) is 12.2 Å². The number of nitrogens with one attached hydrogen (secondary N) is 1. The molecule has 1 atom stereocenters. The summed E-state index contributed by atoms with van der Waals surface area (Å²) in [5.41, 5.74) is 0.0589. The molecule has 21 heavy (non-hydrogen) atoms. The molecule has 0 spiro atoms. The minimum absolute atomic E-state index is 0.0589. The molecule has 6 heteroatoms. The summed E-state index contributed by atoms with van der Waals surface area (Å²) in [5.74, 6) is 1.53. The van der Waals surface area contributed by atoms with Gasteiger partial charge in [0.1, 0.15) is 12.2 Å². The Hall–Kier alpha value is -1.43. The smallest absolute Gasteiger partial charge is 0.223 e. The minimum Gasteiger partial charge on any atom is -0.342 e. The molecule has 1 unspecified atom stereocenters. The maximum atomic E-state index is 12.3. The van der Waals surface area contributed by atoms with Crippen LogP contribution in [0.5, 0.6) is 0 Å². The highest BCUT2D eigenvalue weighted by atomic mass is 16.2. The molecule has 1 aromatic heterocycles. The van der Waals surface area contributed by atoms with Gasteiger partial charge in [0.25, 0.3) is 0 Å². The highest BCUT2D eigenvalue weighted by Gasteiger charge is 2.27. The lowest BCUT2D eigenvalue weighted by Crippen LogP contribution is -2.42. The van der Waals surface area contributed by atoms with E-state index in [1.807, 2.05) is 16.5 Å². The number of carbonyl (C=O) groups excluding carboxylic acids is 1. The van der Waals surface area contributed by atoms with Crippen LogP contribution in [0, 0.1) is 0 Å². The number of rotatable bonds is 4. The maximum Gasteiger partial charge on any atom is 0.223 e. The van der Waals surface area contributed by atoms with Crippen LogP contribution in [0.1, 0.15) is 51.8 Å². The van der Waals surface area contributed by atoms with Gasteiger partial charge in [0.05, 0.1) is 0 Å². The lowest BCUT2D eigenvalue weighted by Gasteiger charge is -2.32. The predicted octanol–water partition coefficient (Wildman–Crippen LogP) is 1.30. The molecular formula is C15H27N5O. The van der Waals surface area contributed by atoms with Gasteiger partial charge in [-0.05, 0) is 33.6 Å². The summed E-state index contributed by atoms with van der Waals surface area (Å²) >= 11 is 0. The average molecular weight is 293 g/mol. The Morgan fingerprint density at radius 1 is 1.48 bits per heavy atom. The van der Waals surface area contributed by atoms with E-state index < -0.39 is 0 Å². The Balaban J connectivity index is 1.86. The summed E-state index contributed by atoms with van der Waals surface area (Å²) in [5, 5.41) is 11.5. The van der Waals surface area contributed by atoms with Crippen molar-refractivity contribution in [1.29, 1.82) is 0 Å². The third-order valence-corrected chi connectivity index (χ3v) is 3.88. The summed E-state index contributed by atoms with van der Waals surface area (Å²) in [4.78, 5) is 14.3. The van der Waals surface area contributed by atoms with Crippen molar-refractivity contribution >= 4 is 5.91 Å². The first-order valence-corrected chi connectivity index (χ1v) is 7.73. The largest absolute Gasteiger partial charge is 0.342 e. The van der Waals surface area contributed by atoms with Crippen molar-refractivity contribution in [2.24, 2.45) is 7.05 Å². The zero-order chi connectivity index (χ0) is 15.5. The van der Waals surface area contributed by atoms with Gasteiger partial charge in [-0.3, -0.25) is 4.79 Å². The molecule has 0 radical (unpaired) electrons. The molecule has 1 amide bonds. The van der Waals surface area contributed by atoms with Crippen molar-refractivity contribution in [3.63, 3.8) is 0 Å². The van der Waals surface area contributed by atoms with E-state index in [0.717, 1.165) is 38.3 Å². The maximum absolute atomic E-state index is 12.3. The third-order valence-electron chi connectivity index (χ3n) is 3.88. The second-order valence-electron chi connectivity index (χ2n) is 6.91. The number of carbonyl (C=O) groups is 1. The van der Waals surface area contributed by atoms with Crippen molar-refractivity contribution in [2.45, 2.75) is 51.5 Å². The number of amides is 1. The van der Waals surface area contributed by atoms with Gasteiger partial charge in [-0.2, -0.15) is 0 Å². The van der Waals surface area contributed by atoms with Crippen LogP contribution in [-0.2, 0) is 11.8 Å². The summed E-state index contributed by atoms with van der Waals surface area (Å²) in [6.45, 7) is 8.70. The number of hydrogen-bond donors (Lipinski definition) is 1. The Bertz CT molecular complexity index is 477. The fraction of sp³-hybridized carbons (Fsp3) is 0.800. The molecule has 1 aromatic rings. The standard InChI is InChI=1S/C15H27N5O/c1-15(2,3)16-8-7-13(21)20-9-5-6-12(10-20)14-18-17-11-19(14)4/h11-12,16H,5-10H2,1-4H3. The number of piperidine rings is 1. The SMILES string of the molecule is Cn1cnnc1C1CCCN(C(=O)CCNC(C)(C)C)C1. The van der Waals surface area contributed by atoms with Gasteiger partial charge in [0, 0.05) is 44.6 Å². The van der Waals surface area contributed by atoms with Gasteiger partial charge in [-0.1, -0.05) is 0 Å². The number of aromatic nitrogens is 3. The Morgan fingerprint density at radius 2 is 2.24 bits per heavy atom. The highest BCUT2D eigenvalue weighted by molar-refractivity contribution is 5.76. The molecule has 1 aliphatic rings. The van der Waals surface area contributed by atoms with E-state index in [-0.39, 0.29) is 11.4 Å². The van der Waals surface area contributed by atoms with Crippen molar-refractivity contribution < 1.29 is 4.79 Å². The summed E-state index contributed by atoms with van der Waals surface area (Å²) in [6.07, 6.45) is 4.40. The van der Waals surface area contributed by atoms with E-state index in [0.29, 0.717) is 12.3 Å². The van der Waals surface area contributed by atoms with E-state index in [1.165, 1.54) is 0 Å². The van der Waals surface area contributed by atoms with Crippen LogP contribution in [0.2, 0.25) is 0 Å². The Labute approximate surface area is 126 Å². The number of likely N-dealkylation sites (tertiary alicyclic amines) is 1.